The molecule has 2 heterocycles. The van der Waals surface area contributed by atoms with Crippen LogP contribution in [-0.2, 0) is 12.8 Å². The van der Waals surface area contributed by atoms with Crippen molar-refractivity contribution in [2.75, 3.05) is 31.1 Å². The molecule has 0 bridgehead atoms. The van der Waals surface area contributed by atoms with Gasteiger partial charge in [-0.05, 0) is 54.3 Å². The largest absolute Gasteiger partial charge is 0.353 e. The molecule has 1 saturated heterocycles. The van der Waals surface area contributed by atoms with E-state index in [4.69, 9.17) is 21.6 Å². The molecule has 0 N–H and O–H groups in total. The summed E-state index contributed by atoms with van der Waals surface area (Å²) in [4.78, 5) is 27.1. The van der Waals surface area contributed by atoms with E-state index < -0.39 is 0 Å². The summed E-state index contributed by atoms with van der Waals surface area (Å²) in [6.45, 7) is 6.88. The van der Waals surface area contributed by atoms with Gasteiger partial charge in [0.05, 0.1) is 0 Å². The van der Waals surface area contributed by atoms with Crippen LogP contribution in [0.4, 0.5) is 5.82 Å². The first-order valence-electron chi connectivity index (χ1n) is 12.8. The first-order chi connectivity index (χ1) is 18.0. The third-order valence-corrected chi connectivity index (χ3v) is 7.17. The predicted molar refractivity (Wildman–Crippen MR) is 150 cm³/mol. The molecule has 0 aliphatic carbocycles. The Labute approximate surface area is 223 Å². The maximum absolute atomic E-state index is 13.3. The molecule has 5 nitrogen and oxygen atoms in total. The molecule has 1 aliphatic rings. The molecular formula is C31H31ClN4O. The van der Waals surface area contributed by atoms with Crippen LogP contribution in [0.1, 0.15) is 39.9 Å². The lowest BCUT2D eigenvalue weighted by Gasteiger charge is -2.36. The molecule has 37 heavy (non-hydrogen) atoms. The molecular weight excluding hydrogens is 480 g/mol. The van der Waals surface area contributed by atoms with Gasteiger partial charge in [-0.1, -0.05) is 73.1 Å². The third-order valence-electron chi connectivity index (χ3n) is 6.92. The molecule has 1 aliphatic heterocycles. The zero-order chi connectivity index (χ0) is 25.8. The Kier molecular flexibility index (Phi) is 7.52. The molecule has 0 spiro atoms. The average Bonchev–Trinajstić information content (AvgIpc) is 2.95. The molecule has 0 unspecified atom stereocenters. The third kappa shape index (κ3) is 5.67. The zero-order valence-electron chi connectivity index (χ0n) is 21.3. The molecule has 1 amide bonds. The Morgan fingerprint density at radius 1 is 0.838 bits per heavy atom. The molecule has 0 radical (unpaired) electrons. The van der Waals surface area contributed by atoms with Gasteiger partial charge in [-0.2, -0.15) is 0 Å². The monoisotopic (exact) mass is 510 g/mol. The van der Waals surface area contributed by atoms with Crippen molar-refractivity contribution in [2.24, 2.45) is 0 Å². The molecule has 3 aromatic carbocycles. The van der Waals surface area contributed by atoms with E-state index in [9.17, 15) is 4.79 Å². The maximum atomic E-state index is 13.3. The highest BCUT2D eigenvalue weighted by atomic mass is 35.5. The SMILES string of the molecule is CCc1nc(C)nc(N2CCN(C(=O)c3ccc(-c4ccccc4)cc3)CC2)c1Cc1ccc(Cl)cc1. The number of rotatable bonds is 6. The van der Waals surface area contributed by atoms with E-state index in [1.54, 1.807) is 0 Å². The first kappa shape index (κ1) is 25.0. The Hall–Kier alpha value is -3.70. The Morgan fingerprint density at radius 3 is 2.14 bits per heavy atom. The zero-order valence-corrected chi connectivity index (χ0v) is 22.1. The lowest BCUT2D eigenvalue weighted by atomic mass is 10.0. The van der Waals surface area contributed by atoms with Gasteiger partial charge in [0.25, 0.3) is 5.91 Å². The highest BCUT2D eigenvalue weighted by Crippen LogP contribution is 2.27. The number of amides is 1. The van der Waals surface area contributed by atoms with Crippen LogP contribution in [0.15, 0.2) is 78.9 Å². The maximum Gasteiger partial charge on any atom is 0.253 e. The number of hydrogen-bond acceptors (Lipinski definition) is 4. The topological polar surface area (TPSA) is 49.3 Å². The Bertz CT molecular complexity index is 1360. The summed E-state index contributed by atoms with van der Waals surface area (Å²) in [5, 5.41) is 0.732. The van der Waals surface area contributed by atoms with Gasteiger partial charge >= 0.3 is 0 Å². The minimum absolute atomic E-state index is 0.0776. The Morgan fingerprint density at radius 2 is 1.49 bits per heavy atom. The smallest absolute Gasteiger partial charge is 0.253 e. The van der Waals surface area contributed by atoms with Crippen LogP contribution >= 0.6 is 11.6 Å². The summed E-state index contributed by atoms with van der Waals surface area (Å²) >= 11 is 6.10. The van der Waals surface area contributed by atoms with E-state index in [0.717, 1.165) is 70.5 Å². The molecule has 6 heteroatoms. The van der Waals surface area contributed by atoms with Crippen molar-refractivity contribution in [3.8, 4) is 11.1 Å². The normalized spacial score (nSPS) is 13.6. The number of aryl methyl sites for hydroxylation is 2. The number of anilines is 1. The summed E-state index contributed by atoms with van der Waals surface area (Å²) in [5.41, 5.74) is 6.40. The second kappa shape index (κ2) is 11.1. The van der Waals surface area contributed by atoms with E-state index in [2.05, 4.69) is 36.1 Å². The fourth-order valence-electron chi connectivity index (χ4n) is 4.92. The molecule has 1 fully saturated rings. The minimum Gasteiger partial charge on any atom is -0.353 e. The average molecular weight is 511 g/mol. The molecule has 4 aromatic rings. The van der Waals surface area contributed by atoms with E-state index in [1.165, 1.54) is 5.56 Å². The van der Waals surface area contributed by atoms with E-state index >= 15 is 0 Å². The van der Waals surface area contributed by atoms with Crippen molar-refractivity contribution in [3.05, 3.63) is 112 Å². The molecule has 188 valence electrons. The highest BCUT2D eigenvalue weighted by Gasteiger charge is 2.26. The standard InChI is InChI=1S/C31H31ClN4O/c1-3-29-28(21-23-9-15-27(32)16-10-23)30(34-22(2)33-29)35-17-19-36(20-18-35)31(37)26-13-11-25(12-14-26)24-7-5-4-6-8-24/h4-16H,3,17-21H2,1-2H3. The van der Waals surface area contributed by atoms with Crippen LogP contribution < -0.4 is 4.90 Å². The van der Waals surface area contributed by atoms with Crippen LogP contribution in [0, 0.1) is 6.92 Å². The molecule has 0 atom stereocenters. The predicted octanol–water partition coefficient (Wildman–Crippen LogP) is 6.22. The van der Waals surface area contributed by atoms with Crippen molar-refractivity contribution in [2.45, 2.75) is 26.7 Å². The van der Waals surface area contributed by atoms with Crippen LogP contribution in [0.3, 0.4) is 0 Å². The van der Waals surface area contributed by atoms with Crippen LogP contribution in [0.25, 0.3) is 11.1 Å². The van der Waals surface area contributed by atoms with Crippen LogP contribution in [-0.4, -0.2) is 47.0 Å². The second-order valence-corrected chi connectivity index (χ2v) is 9.84. The number of halogens is 1. The van der Waals surface area contributed by atoms with Gasteiger partial charge in [-0.25, -0.2) is 9.97 Å². The quantitative estimate of drug-likeness (QED) is 0.309. The van der Waals surface area contributed by atoms with Gasteiger partial charge in [0, 0.05) is 54.4 Å². The minimum atomic E-state index is 0.0776. The molecule has 0 saturated carbocycles. The van der Waals surface area contributed by atoms with Gasteiger partial charge in [-0.15, -0.1) is 0 Å². The second-order valence-electron chi connectivity index (χ2n) is 9.40. The van der Waals surface area contributed by atoms with Crippen molar-refractivity contribution < 1.29 is 4.79 Å². The van der Waals surface area contributed by atoms with Crippen LogP contribution in [0.2, 0.25) is 5.02 Å². The Balaban J connectivity index is 1.30. The lowest BCUT2D eigenvalue weighted by Crippen LogP contribution is -2.49. The van der Waals surface area contributed by atoms with Gasteiger partial charge in [0.2, 0.25) is 0 Å². The van der Waals surface area contributed by atoms with E-state index in [0.29, 0.717) is 13.1 Å². The summed E-state index contributed by atoms with van der Waals surface area (Å²) in [6, 6.07) is 26.1. The van der Waals surface area contributed by atoms with Gasteiger partial charge in [0.1, 0.15) is 11.6 Å². The number of hydrogen-bond donors (Lipinski definition) is 0. The summed E-state index contributed by atoms with van der Waals surface area (Å²) in [7, 11) is 0. The number of benzene rings is 3. The summed E-state index contributed by atoms with van der Waals surface area (Å²) < 4.78 is 0. The van der Waals surface area contributed by atoms with E-state index in [1.807, 2.05) is 66.4 Å². The summed E-state index contributed by atoms with van der Waals surface area (Å²) in [5.74, 6) is 1.84. The fourth-order valence-corrected chi connectivity index (χ4v) is 5.04. The lowest BCUT2D eigenvalue weighted by molar-refractivity contribution is 0.0746. The first-order valence-corrected chi connectivity index (χ1v) is 13.2. The highest BCUT2D eigenvalue weighted by molar-refractivity contribution is 6.30. The van der Waals surface area contributed by atoms with Crippen LogP contribution in [0.5, 0.6) is 0 Å². The molecule has 5 rings (SSSR count). The van der Waals surface area contributed by atoms with Gasteiger partial charge < -0.3 is 9.80 Å². The van der Waals surface area contributed by atoms with E-state index in [-0.39, 0.29) is 5.91 Å². The number of aromatic nitrogens is 2. The van der Waals surface area contributed by atoms with Gasteiger partial charge in [-0.3, -0.25) is 4.79 Å². The number of piperazine rings is 1. The summed E-state index contributed by atoms with van der Waals surface area (Å²) in [6.07, 6.45) is 1.60. The fraction of sp³-hybridized carbons (Fsp3) is 0.258. The van der Waals surface area contributed by atoms with Crippen molar-refractivity contribution in [3.63, 3.8) is 0 Å². The van der Waals surface area contributed by atoms with Gasteiger partial charge in [0.15, 0.2) is 0 Å². The van der Waals surface area contributed by atoms with Crippen molar-refractivity contribution >= 4 is 23.3 Å². The van der Waals surface area contributed by atoms with Crippen molar-refractivity contribution in [1.82, 2.24) is 14.9 Å². The molecule has 1 aromatic heterocycles. The number of carbonyl (C=O) groups excluding carboxylic acids is 1. The number of carbonyl (C=O) groups is 1. The van der Waals surface area contributed by atoms with Crippen molar-refractivity contribution in [1.29, 1.82) is 0 Å². The number of nitrogens with zero attached hydrogens (tertiary/aromatic N) is 4.